The number of carbonyl (C=O) groups is 2. The van der Waals surface area contributed by atoms with E-state index >= 15 is 0 Å². The average molecular weight is 189 g/mol. The summed E-state index contributed by atoms with van der Waals surface area (Å²) >= 11 is 0. The lowest BCUT2D eigenvalue weighted by Crippen LogP contribution is -1.94. The minimum absolute atomic E-state index is 0.419. The molecule has 1 rings (SSSR count). The molecule has 4 nitrogen and oxygen atoms in total. The summed E-state index contributed by atoms with van der Waals surface area (Å²) in [6, 6.07) is 0. The van der Waals surface area contributed by atoms with Crippen LogP contribution in [-0.2, 0) is 4.79 Å². The Balaban J connectivity index is 3.18. The quantitative estimate of drug-likeness (QED) is 0.520. The van der Waals surface area contributed by atoms with Gasteiger partial charge in [-0.05, 0) is 12.5 Å². The molecule has 0 aromatic carbocycles. The van der Waals surface area contributed by atoms with Crippen molar-refractivity contribution >= 4 is 12.3 Å². The zero-order valence-electron chi connectivity index (χ0n) is 7.44. The molecule has 0 amide bonds. The number of rotatable bonds is 1. The first-order chi connectivity index (χ1) is 6.65. The Bertz CT molecular complexity index is 440. The number of hydrogen-bond acceptors (Lipinski definition) is 3. The Morgan fingerprint density at radius 2 is 2.29 bits per heavy atom. The van der Waals surface area contributed by atoms with Crippen LogP contribution in [0.2, 0.25) is 0 Å². The summed E-state index contributed by atoms with van der Waals surface area (Å²) in [5.41, 5.74) is 1.52. The predicted molar refractivity (Wildman–Crippen MR) is 48.9 cm³/mol. The van der Waals surface area contributed by atoms with Gasteiger partial charge >= 0.3 is 5.97 Å². The fraction of sp³-hybridized carbons (Fsp3) is 0.100. The first-order valence-corrected chi connectivity index (χ1v) is 3.80. The maximum absolute atomic E-state index is 10.5. The molecule has 0 radical (unpaired) electrons. The van der Waals surface area contributed by atoms with E-state index in [1.54, 1.807) is 6.92 Å². The van der Waals surface area contributed by atoms with Gasteiger partial charge in [0.15, 0.2) is 6.29 Å². The standard InChI is InChI=1S/C10H7NO3/c1-7-8(2-3-10(13)14)4-11-5-9(7)6-12/h4-6H,1H3,(H,13,14). The number of carboxylic acid groups (broad SMARTS) is 1. The number of hydrogen-bond donors (Lipinski definition) is 1. The van der Waals surface area contributed by atoms with Crippen molar-refractivity contribution in [2.75, 3.05) is 0 Å². The molecule has 14 heavy (non-hydrogen) atoms. The van der Waals surface area contributed by atoms with Crippen LogP contribution in [0.4, 0.5) is 0 Å². The highest BCUT2D eigenvalue weighted by Crippen LogP contribution is 2.08. The number of aldehydes is 1. The van der Waals surface area contributed by atoms with Crippen molar-refractivity contribution in [3.05, 3.63) is 29.1 Å². The van der Waals surface area contributed by atoms with Gasteiger partial charge in [-0.15, -0.1) is 0 Å². The first kappa shape index (κ1) is 9.93. The number of nitrogens with zero attached hydrogens (tertiary/aromatic N) is 1. The highest BCUT2D eigenvalue weighted by molar-refractivity contribution is 5.87. The van der Waals surface area contributed by atoms with Gasteiger partial charge in [0.25, 0.3) is 0 Å². The minimum atomic E-state index is -1.21. The summed E-state index contributed by atoms with van der Waals surface area (Å²) < 4.78 is 0. The molecule has 1 aromatic heterocycles. The molecule has 0 aliphatic carbocycles. The number of carboxylic acids is 1. The average Bonchev–Trinajstić information content (AvgIpc) is 2.16. The summed E-state index contributed by atoms with van der Waals surface area (Å²) in [6.45, 7) is 1.69. The van der Waals surface area contributed by atoms with E-state index in [0.29, 0.717) is 23.0 Å². The summed E-state index contributed by atoms with van der Waals surface area (Å²) in [6.07, 6.45) is 3.50. The molecule has 0 aliphatic rings. The third kappa shape index (κ3) is 2.17. The highest BCUT2D eigenvalue weighted by atomic mass is 16.4. The lowest BCUT2D eigenvalue weighted by molar-refractivity contribution is -0.130. The second kappa shape index (κ2) is 4.19. The maximum Gasteiger partial charge on any atom is 0.382 e. The fourth-order valence-corrected chi connectivity index (χ4v) is 0.907. The highest BCUT2D eigenvalue weighted by Gasteiger charge is 2.01. The van der Waals surface area contributed by atoms with Crippen molar-refractivity contribution in [2.45, 2.75) is 6.92 Å². The molecular weight excluding hydrogens is 182 g/mol. The Morgan fingerprint density at radius 1 is 1.57 bits per heavy atom. The van der Waals surface area contributed by atoms with E-state index < -0.39 is 5.97 Å². The van der Waals surface area contributed by atoms with Crippen LogP contribution in [0.1, 0.15) is 21.5 Å². The van der Waals surface area contributed by atoms with Gasteiger partial charge in [-0.3, -0.25) is 9.78 Å². The van der Waals surface area contributed by atoms with Crippen LogP contribution < -0.4 is 0 Å². The number of carbonyl (C=O) groups excluding carboxylic acids is 1. The Kier molecular flexibility index (Phi) is 2.97. The molecule has 4 heteroatoms. The molecule has 0 saturated carbocycles. The Labute approximate surface area is 80.6 Å². The van der Waals surface area contributed by atoms with Crippen LogP contribution in [-0.4, -0.2) is 22.3 Å². The monoisotopic (exact) mass is 189 g/mol. The number of aliphatic carboxylic acids is 1. The predicted octanol–water partition coefficient (Wildman–Crippen LogP) is 0.639. The number of pyridine rings is 1. The van der Waals surface area contributed by atoms with Crippen molar-refractivity contribution in [2.24, 2.45) is 0 Å². The normalized spacial score (nSPS) is 8.64. The van der Waals surface area contributed by atoms with Crippen LogP contribution in [0, 0.1) is 18.8 Å². The molecule has 0 atom stereocenters. The van der Waals surface area contributed by atoms with Crippen LogP contribution in [0.15, 0.2) is 12.4 Å². The molecular formula is C10H7NO3. The molecule has 0 unspecified atom stereocenters. The molecule has 1 N–H and O–H groups in total. The van der Waals surface area contributed by atoms with Crippen molar-refractivity contribution in [1.82, 2.24) is 4.98 Å². The van der Waals surface area contributed by atoms with Crippen LogP contribution >= 0.6 is 0 Å². The van der Waals surface area contributed by atoms with E-state index in [-0.39, 0.29) is 0 Å². The second-order valence-electron chi connectivity index (χ2n) is 2.57. The number of aromatic nitrogens is 1. The van der Waals surface area contributed by atoms with E-state index in [4.69, 9.17) is 5.11 Å². The van der Waals surface area contributed by atoms with Gasteiger partial charge in [-0.1, -0.05) is 5.92 Å². The molecule has 0 fully saturated rings. The zero-order valence-corrected chi connectivity index (χ0v) is 7.44. The lowest BCUT2D eigenvalue weighted by atomic mass is 10.1. The summed E-state index contributed by atoms with van der Waals surface area (Å²) in [5.74, 6) is 3.17. The first-order valence-electron chi connectivity index (χ1n) is 3.80. The zero-order chi connectivity index (χ0) is 10.6. The van der Waals surface area contributed by atoms with E-state index in [1.165, 1.54) is 12.4 Å². The maximum atomic E-state index is 10.5. The van der Waals surface area contributed by atoms with Gasteiger partial charge in [-0.2, -0.15) is 0 Å². The minimum Gasteiger partial charge on any atom is -0.472 e. The molecule has 1 heterocycles. The van der Waals surface area contributed by atoms with E-state index in [9.17, 15) is 9.59 Å². The molecule has 0 saturated heterocycles. The Hall–Kier alpha value is -2.15. The van der Waals surface area contributed by atoms with Gasteiger partial charge < -0.3 is 5.11 Å². The second-order valence-corrected chi connectivity index (χ2v) is 2.57. The SMILES string of the molecule is Cc1c(C#CC(=O)O)cncc1C=O. The van der Waals surface area contributed by atoms with Crippen LogP contribution in [0.25, 0.3) is 0 Å². The van der Waals surface area contributed by atoms with Crippen molar-refractivity contribution < 1.29 is 14.7 Å². The van der Waals surface area contributed by atoms with Crippen LogP contribution in [0.5, 0.6) is 0 Å². The van der Waals surface area contributed by atoms with E-state index in [1.807, 2.05) is 5.92 Å². The van der Waals surface area contributed by atoms with Gasteiger partial charge in [0.1, 0.15) is 0 Å². The third-order valence-corrected chi connectivity index (χ3v) is 1.69. The van der Waals surface area contributed by atoms with Gasteiger partial charge in [-0.25, -0.2) is 4.79 Å². The van der Waals surface area contributed by atoms with Crippen LogP contribution in [0.3, 0.4) is 0 Å². The third-order valence-electron chi connectivity index (χ3n) is 1.69. The molecule has 0 spiro atoms. The van der Waals surface area contributed by atoms with Crippen molar-refractivity contribution in [1.29, 1.82) is 0 Å². The van der Waals surface area contributed by atoms with Gasteiger partial charge in [0.2, 0.25) is 0 Å². The molecule has 1 aromatic rings. The lowest BCUT2D eigenvalue weighted by Gasteiger charge is -1.98. The summed E-state index contributed by atoms with van der Waals surface area (Å²) in [7, 11) is 0. The summed E-state index contributed by atoms with van der Waals surface area (Å²) in [4.78, 5) is 24.5. The Morgan fingerprint density at radius 3 is 2.86 bits per heavy atom. The fourth-order valence-electron chi connectivity index (χ4n) is 0.907. The van der Waals surface area contributed by atoms with E-state index in [2.05, 4.69) is 10.9 Å². The largest absolute Gasteiger partial charge is 0.472 e. The van der Waals surface area contributed by atoms with E-state index in [0.717, 1.165) is 0 Å². The molecule has 0 aliphatic heterocycles. The van der Waals surface area contributed by atoms with Crippen molar-refractivity contribution in [3.8, 4) is 11.8 Å². The topological polar surface area (TPSA) is 67.3 Å². The molecule has 70 valence electrons. The smallest absolute Gasteiger partial charge is 0.382 e. The molecule has 0 bridgehead atoms. The summed E-state index contributed by atoms with van der Waals surface area (Å²) in [5, 5.41) is 8.33. The van der Waals surface area contributed by atoms with Crippen molar-refractivity contribution in [3.63, 3.8) is 0 Å². The van der Waals surface area contributed by atoms with Gasteiger partial charge in [0.05, 0.1) is 0 Å². The van der Waals surface area contributed by atoms with Gasteiger partial charge in [0, 0.05) is 29.4 Å².